The van der Waals surface area contributed by atoms with Crippen molar-refractivity contribution in [3.8, 4) is 0 Å². The maximum Gasteiger partial charge on any atom is 0.251 e. The van der Waals surface area contributed by atoms with Crippen molar-refractivity contribution in [2.75, 3.05) is 5.32 Å². The first-order valence-corrected chi connectivity index (χ1v) is 9.75. The largest absolute Gasteiger partial charge is 0.340 e. The van der Waals surface area contributed by atoms with E-state index in [1.807, 2.05) is 66.7 Å². The first-order valence-electron chi connectivity index (χ1n) is 9.75. The Morgan fingerprint density at radius 1 is 0.800 bits per heavy atom. The van der Waals surface area contributed by atoms with E-state index in [-0.39, 0.29) is 11.8 Å². The number of anilines is 1. The van der Waals surface area contributed by atoms with Crippen LogP contribution in [0.15, 0.2) is 97.2 Å². The van der Waals surface area contributed by atoms with E-state index in [0.29, 0.717) is 17.7 Å². The van der Waals surface area contributed by atoms with Gasteiger partial charge in [-0.25, -0.2) is 0 Å². The maximum atomic E-state index is 13.2. The van der Waals surface area contributed by atoms with E-state index in [9.17, 15) is 9.59 Å². The van der Waals surface area contributed by atoms with Gasteiger partial charge in [0.25, 0.3) is 5.91 Å². The van der Waals surface area contributed by atoms with E-state index in [4.69, 9.17) is 0 Å². The SMILES string of the molecule is O=C(NC(Cc1ccccc1)C(=O)Nc1cccc2ncccc12)c1ccccc1. The number of carbonyl (C=O) groups excluding carboxylic acids is 2. The van der Waals surface area contributed by atoms with Gasteiger partial charge < -0.3 is 10.6 Å². The summed E-state index contributed by atoms with van der Waals surface area (Å²) in [5.74, 6) is -0.564. The number of nitrogens with zero attached hydrogens (tertiary/aromatic N) is 1. The highest BCUT2D eigenvalue weighted by Crippen LogP contribution is 2.21. The molecule has 0 fully saturated rings. The molecule has 0 radical (unpaired) electrons. The van der Waals surface area contributed by atoms with Gasteiger partial charge in [0, 0.05) is 23.6 Å². The molecular weight excluding hydrogens is 374 g/mol. The summed E-state index contributed by atoms with van der Waals surface area (Å²) in [6.45, 7) is 0. The zero-order valence-electron chi connectivity index (χ0n) is 16.3. The summed E-state index contributed by atoms with van der Waals surface area (Å²) < 4.78 is 0. The average Bonchev–Trinajstić information content (AvgIpc) is 2.80. The predicted molar refractivity (Wildman–Crippen MR) is 118 cm³/mol. The van der Waals surface area contributed by atoms with E-state index in [1.165, 1.54) is 0 Å². The van der Waals surface area contributed by atoms with Crippen LogP contribution in [0.1, 0.15) is 15.9 Å². The third-order valence-electron chi connectivity index (χ3n) is 4.84. The summed E-state index contributed by atoms with van der Waals surface area (Å²) in [6.07, 6.45) is 2.10. The Labute approximate surface area is 174 Å². The smallest absolute Gasteiger partial charge is 0.251 e. The van der Waals surface area contributed by atoms with E-state index < -0.39 is 6.04 Å². The minimum atomic E-state index is -0.730. The Hall–Kier alpha value is -3.99. The molecule has 5 nitrogen and oxygen atoms in total. The fraction of sp³-hybridized carbons (Fsp3) is 0.0800. The molecule has 2 amide bonds. The van der Waals surface area contributed by atoms with Crippen LogP contribution < -0.4 is 10.6 Å². The number of nitrogens with one attached hydrogen (secondary N) is 2. The summed E-state index contributed by atoms with van der Waals surface area (Å²) in [5, 5.41) is 6.70. The molecule has 1 heterocycles. The molecule has 0 saturated carbocycles. The Morgan fingerprint density at radius 2 is 1.53 bits per heavy atom. The molecule has 1 atom stereocenters. The van der Waals surface area contributed by atoms with Crippen LogP contribution >= 0.6 is 0 Å². The lowest BCUT2D eigenvalue weighted by Gasteiger charge is -2.19. The van der Waals surface area contributed by atoms with Gasteiger partial charge in [0.15, 0.2) is 0 Å². The molecule has 4 rings (SSSR count). The van der Waals surface area contributed by atoms with Gasteiger partial charge in [0.05, 0.1) is 11.2 Å². The van der Waals surface area contributed by atoms with Crippen molar-refractivity contribution < 1.29 is 9.59 Å². The molecule has 4 aromatic rings. The molecule has 0 bridgehead atoms. The molecule has 5 heteroatoms. The molecule has 0 saturated heterocycles. The quantitative estimate of drug-likeness (QED) is 0.514. The van der Waals surface area contributed by atoms with Crippen molar-refractivity contribution in [1.82, 2.24) is 10.3 Å². The van der Waals surface area contributed by atoms with Crippen LogP contribution in [0.4, 0.5) is 5.69 Å². The van der Waals surface area contributed by atoms with E-state index in [2.05, 4.69) is 15.6 Å². The number of hydrogen-bond acceptors (Lipinski definition) is 3. The van der Waals surface area contributed by atoms with Crippen LogP contribution in [0.25, 0.3) is 10.9 Å². The topological polar surface area (TPSA) is 71.1 Å². The predicted octanol–water partition coefficient (Wildman–Crippen LogP) is 4.21. The van der Waals surface area contributed by atoms with Gasteiger partial charge in [-0.2, -0.15) is 0 Å². The van der Waals surface area contributed by atoms with Gasteiger partial charge in [-0.3, -0.25) is 14.6 Å². The molecule has 148 valence electrons. The number of rotatable bonds is 6. The van der Waals surface area contributed by atoms with Crippen LogP contribution in [0.2, 0.25) is 0 Å². The van der Waals surface area contributed by atoms with Crippen molar-refractivity contribution >= 4 is 28.4 Å². The monoisotopic (exact) mass is 395 g/mol. The maximum absolute atomic E-state index is 13.2. The van der Waals surface area contributed by atoms with Crippen molar-refractivity contribution in [1.29, 1.82) is 0 Å². The summed E-state index contributed by atoms with van der Waals surface area (Å²) in [7, 11) is 0. The highest BCUT2D eigenvalue weighted by molar-refractivity contribution is 6.05. The summed E-state index contributed by atoms with van der Waals surface area (Å²) in [5.41, 5.74) is 2.93. The van der Waals surface area contributed by atoms with Gasteiger partial charge >= 0.3 is 0 Å². The van der Waals surface area contributed by atoms with Crippen molar-refractivity contribution in [3.63, 3.8) is 0 Å². The van der Waals surface area contributed by atoms with Crippen molar-refractivity contribution in [2.24, 2.45) is 0 Å². The van der Waals surface area contributed by atoms with Crippen LogP contribution in [0.3, 0.4) is 0 Å². The Morgan fingerprint density at radius 3 is 2.30 bits per heavy atom. The first kappa shape index (κ1) is 19.3. The van der Waals surface area contributed by atoms with Gasteiger partial charge in [-0.1, -0.05) is 54.6 Å². The third-order valence-corrected chi connectivity index (χ3v) is 4.84. The first-order chi connectivity index (χ1) is 14.7. The molecule has 0 spiro atoms. The molecule has 3 aromatic carbocycles. The Bertz CT molecular complexity index is 1160. The fourth-order valence-corrected chi connectivity index (χ4v) is 3.32. The fourth-order valence-electron chi connectivity index (χ4n) is 3.32. The molecule has 1 unspecified atom stereocenters. The van der Waals surface area contributed by atoms with E-state index >= 15 is 0 Å². The zero-order valence-corrected chi connectivity index (χ0v) is 16.3. The number of amides is 2. The average molecular weight is 395 g/mol. The second kappa shape index (κ2) is 9.01. The number of carbonyl (C=O) groups is 2. The summed E-state index contributed by atoms with van der Waals surface area (Å²) in [6, 6.07) is 27.1. The highest BCUT2D eigenvalue weighted by Gasteiger charge is 2.22. The van der Waals surface area contributed by atoms with E-state index in [1.54, 1.807) is 30.5 Å². The minimum Gasteiger partial charge on any atom is -0.340 e. The minimum absolute atomic E-state index is 0.278. The van der Waals surface area contributed by atoms with Crippen LogP contribution in [0, 0.1) is 0 Å². The second-order valence-electron chi connectivity index (χ2n) is 6.95. The zero-order chi connectivity index (χ0) is 20.8. The van der Waals surface area contributed by atoms with Gasteiger partial charge in [-0.15, -0.1) is 0 Å². The number of fused-ring (bicyclic) bond motifs is 1. The third kappa shape index (κ3) is 4.52. The molecule has 2 N–H and O–H groups in total. The van der Waals surface area contributed by atoms with Gasteiger partial charge in [0.1, 0.15) is 6.04 Å². The molecule has 0 aliphatic heterocycles. The molecule has 0 aliphatic rings. The normalized spacial score (nSPS) is 11.6. The van der Waals surface area contributed by atoms with Gasteiger partial charge in [0.2, 0.25) is 5.91 Å². The Balaban J connectivity index is 1.59. The summed E-state index contributed by atoms with van der Waals surface area (Å²) in [4.78, 5) is 30.2. The molecule has 1 aromatic heterocycles. The van der Waals surface area contributed by atoms with Crippen molar-refractivity contribution in [2.45, 2.75) is 12.5 Å². The molecular formula is C25H21N3O2. The van der Waals surface area contributed by atoms with Crippen molar-refractivity contribution in [3.05, 3.63) is 108 Å². The number of hydrogen-bond donors (Lipinski definition) is 2. The van der Waals surface area contributed by atoms with Crippen LogP contribution in [0.5, 0.6) is 0 Å². The number of benzene rings is 3. The lowest BCUT2D eigenvalue weighted by molar-refractivity contribution is -0.118. The Kier molecular flexibility index (Phi) is 5.80. The van der Waals surface area contributed by atoms with Gasteiger partial charge in [-0.05, 0) is 42.0 Å². The second-order valence-corrected chi connectivity index (χ2v) is 6.95. The summed E-state index contributed by atoms with van der Waals surface area (Å²) >= 11 is 0. The highest BCUT2D eigenvalue weighted by atomic mass is 16.2. The lowest BCUT2D eigenvalue weighted by atomic mass is 10.0. The van der Waals surface area contributed by atoms with Crippen LogP contribution in [-0.4, -0.2) is 22.8 Å². The molecule has 30 heavy (non-hydrogen) atoms. The van der Waals surface area contributed by atoms with E-state index in [0.717, 1.165) is 16.5 Å². The number of aromatic nitrogens is 1. The standard InChI is InChI=1S/C25H21N3O2/c29-24(19-11-5-2-6-12-19)28-23(17-18-9-3-1-4-10-18)25(30)27-22-15-7-14-21-20(22)13-8-16-26-21/h1-16,23H,17H2,(H,27,30)(H,28,29). The number of pyridine rings is 1. The molecule has 0 aliphatic carbocycles. The van der Waals surface area contributed by atoms with Crippen LogP contribution in [-0.2, 0) is 11.2 Å². The lowest BCUT2D eigenvalue weighted by Crippen LogP contribution is -2.45.